The van der Waals surface area contributed by atoms with Crippen LogP contribution < -0.4 is 0 Å². The summed E-state index contributed by atoms with van der Waals surface area (Å²) in [5, 5.41) is 0. The Morgan fingerprint density at radius 2 is 2.33 bits per heavy atom. The molecule has 1 aliphatic rings. The molecule has 0 aromatic carbocycles. The van der Waals surface area contributed by atoms with Crippen molar-refractivity contribution in [3.63, 3.8) is 0 Å². The van der Waals surface area contributed by atoms with Gasteiger partial charge in [-0.15, -0.1) is 0 Å². The number of allylic oxidation sites excluding steroid dienone is 4. The van der Waals surface area contributed by atoms with E-state index in [0.29, 0.717) is 0 Å². The molecule has 0 saturated carbocycles. The molecule has 0 aromatic heterocycles. The van der Waals surface area contributed by atoms with E-state index in [1.807, 2.05) is 0 Å². The van der Waals surface area contributed by atoms with Gasteiger partial charge in [0, 0.05) is 0 Å². The molecular formula is C6H6Cl2V. The summed E-state index contributed by atoms with van der Waals surface area (Å²) in [6.45, 7) is 0. The van der Waals surface area contributed by atoms with Gasteiger partial charge in [0.25, 0.3) is 0 Å². The first-order valence-corrected chi connectivity index (χ1v) is 5.01. The molecule has 0 nitrogen and oxygen atoms in total. The minimum atomic E-state index is -0.146. The third-order valence-corrected chi connectivity index (χ3v) is 3.16. The van der Waals surface area contributed by atoms with E-state index in [9.17, 15) is 0 Å². The van der Waals surface area contributed by atoms with Gasteiger partial charge in [0.15, 0.2) is 0 Å². The van der Waals surface area contributed by atoms with Crippen molar-refractivity contribution in [2.45, 2.75) is 9.97 Å². The van der Waals surface area contributed by atoms with Crippen LogP contribution in [0, 0.1) is 0 Å². The zero-order chi connectivity index (χ0) is 6.69. The summed E-state index contributed by atoms with van der Waals surface area (Å²) in [6, 6.07) is 0. The predicted octanol–water partition coefficient (Wildman–Crippen LogP) is 2.67. The Morgan fingerprint density at radius 1 is 1.56 bits per heavy atom. The molecule has 0 unspecified atom stereocenters. The maximum absolute atomic E-state index is 5.60. The van der Waals surface area contributed by atoms with Gasteiger partial charge in [-0.2, -0.15) is 0 Å². The molecule has 0 bridgehead atoms. The molecule has 9 heavy (non-hydrogen) atoms. The Bertz CT molecular complexity index is 149. The summed E-state index contributed by atoms with van der Waals surface area (Å²) < 4.78 is 1.27. The van der Waals surface area contributed by atoms with Gasteiger partial charge in [-0.25, -0.2) is 0 Å². The molecule has 0 amide bonds. The van der Waals surface area contributed by atoms with Crippen molar-refractivity contribution in [3.05, 3.63) is 22.5 Å². The van der Waals surface area contributed by atoms with E-state index in [2.05, 4.69) is 18.2 Å². The molecule has 0 aliphatic heterocycles. The van der Waals surface area contributed by atoms with Crippen molar-refractivity contribution < 1.29 is 16.3 Å². The SMILES string of the molecule is Cl[CH](Cl)[V][C]1=CC=CC1. The average Bonchev–Trinajstić information content (AvgIpc) is 2.15. The first kappa shape index (κ1) is 7.75. The third kappa shape index (κ3) is 2.81. The number of hydrogen-bond donors (Lipinski definition) is 0. The molecular weight excluding hydrogens is 194 g/mol. The normalized spacial score (nSPS) is 16.6. The summed E-state index contributed by atoms with van der Waals surface area (Å²) in [5.41, 5.74) is 0. The van der Waals surface area contributed by atoms with Crippen LogP contribution in [0.3, 0.4) is 0 Å². The Hall–Kier alpha value is 0.644. The van der Waals surface area contributed by atoms with Crippen LogP contribution in [-0.4, -0.2) is 3.55 Å². The minimum absolute atomic E-state index is 0.0257. The average molecular weight is 200 g/mol. The fourth-order valence-corrected chi connectivity index (χ4v) is 2.68. The van der Waals surface area contributed by atoms with Crippen molar-refractivity contribution in [1.82, 2.24) is 0 Å². The van der Waals surface area contributed by atoms with Crippen LogP contribution in [0.15, 0.2) is 22.5 Å². The van der Waals surface area contributed by atoms with Gasteiger partial charge < -0.3 is 0 Å². The van der Waals surface area contributed by atoms with Crippen molar-refractivity contribution in [2.75, 3.05) is 0 Å². The van der Waals surface area contributed by atoms with Crippen LogP contribution in [0.2, 0.25) is 0 Å². The van der Waals surface area contributed by atoms with Crippen LogP contribution in [0.5, 0.6) is 0 Å². The molecule has 0 saturated heterocycles. The van der Waals surface area contributed by atoms with Crippen molar-refractivity contribution in [2.24, 2.45) is 0 Å². The zero-order valence-electron chi connectivity index (χ0n) is 4.72. The maximum atomic E-state index is 5.60. The fourth-order valence-electron chi connectivity index (χ4n) is 0.657. The molecule has 49 valence electrons. The van der Waals surface area contributed by atoms with Gasteiger partial charge in [0.2, 0.25) is 0 Å². The summed E-state index contributed by atoms with van der Waals surface area (Å²) in [5.74, 6) is 0. The standard InChI is InChI=1S/C5H5.CHCl2.V/c1-2-4-5-3-1;2-1-3;/h1-3H,4H2;1H;. The molecule has 0 aromatic rings. The van der Waals surface area contributed by atoms with Crippen LogP contribution in [0.4, 0.5) is 0 Å². The van der Waals surface area contributed by atoms with Crippen LogP contribution in [0.25, 0.3) is 0 Å². The third-order valence-electron chi connectivity index (χ3n) is 1.02. The second-order valence-corrected chi connectivity index (χ2v) is 5.88. The van der Waals surface area contributed by atoms with Gasteiger partial charge in [-0.1, -0.05) is 0 Å². The van der Waals surface area contributed by atoms with E-state index >= 15 is 0 Å². The van der Waals surface area contributed by atoms with E-state index in [1.54, 1.807) is 0 Å². The van der Waals surface area contributed by atoms with Crippen LogP contribution in [0.1, 0.15) is 6.42 Å². The number of hydrogen-bond acceptors (Lipinski definition) is 0. The Balaban J connectivity index is 2.30. The topological polar surface area (TPSA) is 0 Å². The summed E-state index contributed by atoms with van der Waals surface area (Å²) in [4.78, 5) is 0. The molecule has 0 spiro atoms. The Morgan fingerprint density at radius 3 is 2.78 bits per heavy atom. The zero-order valence-corrected chi connectivity index (χ0v) is 7.63. The van der Waals surface area contributed by atoms with Crippen LogP contribution >= 0.6 is 23.2 Å². The molecule has 1 aliphatic carbocycles. The van der Waals surface area contributed by atoms with Crippen molar-refractivity contribution in [1.29, 1.82) is 0 Å². The Labute approximate surface area is 72.0 Å². The number of rotatable bonds is 2. The van der Waals surface area contributed by atoms with Gasteiger partial charge in [-0.3, -0.25) is 0 Å². The molecule has 0 heterocycles. The fraction of sp³-hybridized carbons (Fsp3) is 0.333. The molecule has 0 fully saturated rings. The van der Waals surface area contributed by atoms with Gasteiger partial charge >= 0.3 is 72.0 Å². The summed E-state index contributed by atoms with van der Waals surface area (Å²) in [7, 11) is 0. The molecule has 1 rings (SSSR count). The first-order chi connectivity index (χ1) is 4.29. The van der Waals surface area contributed by atoms with Crippen molar-refractivity contribution >= 4 is 23.2 Å². The molecule has 0 N–H and O–H groups in total. The van der Waals surface area contributed by atoms with E-state index in [1.165, 1.54) is 4.28 Å². The van der Waals surface area contributed by atoms with Gasteiger partial charge in [0.05, 0.1) is 0 Å². The Kier molecular flexibility index (Phi) is 3.21. The predicted molar refractivity (Wildman–Crippen MR) is 37.3 cm³/mol. The second kappa shape index (κ2) is 3.73. The van der Waals surface area contributed by atoms with E-state index in [0.717, 1.165) is 6.42 Å². The van der Waals surface area contributed by atoms with Gasteiger partial charge in [-0.05, 0) is 0 Å². The first-order valence-electron chi connectivity index (χ1n) is 2.64. The quantitative estimate of drug-likeness (QED) is 0.601. The monoisotopic (exact) mass is 199 g/mol. The molecule has 3 heteroatoms. The number of alkyl halides is 2. The van der Waals surface area contributed by atoms with E-state index in [-0.39, 0.29) is 19.8 Å². The van der Waals surface area contributed by atoms with Crippen LogP contribution in [-0.2, 0) is 16.3 Å². The summed E-state index contributed by atoms with van der Waals surface area (Å²) >= 11 is 11.2. The van der Waals surface area contributed by atoms with Crippen molar-refractivity contribution in [3.8, 4) is 0 Å². The second-order valence-electron chi connectivity index (χ2n) is 1.70. The van der Waals surface area contributed by atoms with Gasteiger partial charge in [0.1, 0.15) is 0 Å². The summed E-state index contributed by atoms with van der Waals surface area (Å²) in [6.07, 6.45) is 7.36. The molecule has 0 radical (unpaired) electrons. The van der Waals surface area contributed by atoms with E-state index in [4.69, 9.17) is 23.2 Å². The van der Waals surface area contributed by atoms with E-state index < -0.39 is 0 Å². The molecule has 0 atom stereocenters. The number of halogens is 2.